The van der Waals surface area contributed by atoms with Crippen LogP contribution in [0.3, 0.4) is 0 Å². The van der Waals surface area contributed by atoms with Crippen molar-refractivity contribution in [1.82, 2.24) is 0 Å². The molecule has 2 aromatic carbocycles. The summed E-state index contributed by atoms with van der Waals surface area (Å²) in [5, 5.41) is 9.15. The number of carboxylic acid groups (broad SMARTS) is 1. The van der Waals surface area contributed by atoms with Crippen LogP contribution in [0.1, 0.15) is 15.9 Å². The molecule has 5 heteroatoms. The molecule has 0 atom stereocenters. The molecule has 2 rings (SSSR count). The minimum Gasteiger partial charge on any atom is -0.496 e. The fourth-order valence-corrected chi connectivity index (χ4v) is 1.91. The minimum absolute atomic E-state index is 0.110. The van der Waals surface area contributed by atoms with Gasteiger partial charge in [0.1, 0.15) is 17.9 Å². The molecule has 110 valence electrons. The van der Waals surface area contributed by atoms with Crippen molar-refractivity contribution in [3.63, 3.8) is 0 Å². The second-order valence-electron chi connectivity index (χ2n) is 4.28. The largest absolute Gasteiger partial charge is 0.496 e. The van der Waals surface area contributed by atoms with Crippen LogP contribution in [-0.4, -0.2) is 25.3 Å². The maximum absolute atomic E-state index is 11.2. The van der Waals surface area contributed by atoms with E-state index in [1.54, 1.807) is 31.4 Å². The molecular formula is C16H16O5. The number of carbonyl (C=O) groups is 1. The number of hydrogen-bond donors (Lipinski definition) is 1. The molecule has 2 aromatic rings. The standard InChI is InChI=1S/C16H16O5/c1-19-13-8-7-11(9-12(13)16(17)18)10-21-15-6-4-3-5-14(15)20-2/h3-9H,10H2,1-2H3,(H,17,18). The first-order valence-corrected chi connectivity index (χ1v) is 6.31. The summed E-state index contributed by atoms with van der Waals surface area (Å²) in [6.45, 7) is 0.241. The Bertz CT molecular complexity index is 636. The summed E-state index contributed by atoms with van der Waals surface area (Å²) in [5.41, 5.74) is 0.845. The lowest BCUT2D eigenvalue weighted by atomic mass is 10.1. The Morgan fingerprint density at radius 2 is 1.67 bits per heavy atom. The summed E-state index contributed by atoms with van der Waals surface area (Å²) in [6, 6.07) is 12.2. The number of methoxy groups -OCH3 is 2. The van der Waals surface area contributed by atoms with Crippen LogP contribution in [0.2, 0.25) is 0 Å². The Morgan fingerprint density at radius 3 is 2.29 bits per heavy atom. The van der Waals surface area contributed by atoms with E-state index in [2.05, 4.69) is 0 Å². The Hall–Kier alpha value is -2.69. The molecule has 0 saturated heterocycles. The van der Waals surface area contributed by atoms with Gasteiger partial charge in [-0.25, -0.2) is 4.79 Å². The predicted molar refractivity (Wildman–Crippen MR) is 77.3 cm³/mol. The van der Waals surface area contributed by atoms with Crippen LogP contribution in [0.5, 0.6) is 17.2 Å². The van der Waals surface area contributed by atoms with E-state index in [0.29, 0.717) is 17.2 Å². The van der Waals surface area contributed by atoms with Gasteiger partial charge in [-0.15, -0.1) is 0 Å². The summed E-state index contributed by atoms with van der Waals surface area (Å²) in [7, 11) is 3.00. The molecule has 5 nitrogen and oxygen atoms in total. The fraction of sp³-hybridized carbons (Fsp3) is 0.188. The molecule has 0 heterocycles. The predicted octanol–water partition coefficient (Wildman–Crippen LogP) is 2.98. The lowest BCUT2D eigenvalue weighted by Crippen LogP contribution is -2.03. The second kappa shape index (κ2) is 6.65. The van der Waals surface area contributed by atoms with Crippen LogP contribution in [0.4, 0.5) is 0 Å². The number of benzene rings is 2. The van der Waals surface area contributed by atoms with E-state index in [4.69, 9.17) is 19.3 Å². The maximum Gasteiger partial charge on any atom is 0.339 e. The van der Waals surface area contributed by atoms with E-state index in [1.165, 1.54) is 13.2 Å². The quantitative estimate of drug-likeness (QED) is 0.885. The summed E-state index contributed by atoms with van der Waals surface area (Å²) >= 11 is 0. The van der Waals surface area contributed by atoms with Gasteiger partial charge in [0.25, 0.3) is 0 Å². The van der Waals surface area contributed by atoms with Gasteiger partial charge in [0.2, 0.25) is 0 Å². The monoisotopic (exact) mass is 288 g/mol. The Labute approximate surface area is 122 Å². The van der Waals surface area contributed by atoms with Crippen molar-refractivity contribution in [2.75, 3.05) is 14.2 Å². The highest BCUT2D eigenvalue weighted by atomic mass is 16.5. The Balaban J connectivity index is 2.17. The van der Waals surface area contributed by atoms with Crippen molar-refractivity contribution >= 4 is 5.97 Å². The molecular weight excluding hydrogens is 272 g/mol. The highest BCUT2D eigenvalue weighted by Gasteiger charge is 2.12. The molecule has 0 fully saturated rings. The molecule has 0 aliphatic carbocycles. The van der Waals surface area contributed by atoms with E-state index in [0.717, 1.165) is 5.56 Å². The average Bonchev–Trinajstić information content (AvgIpc) is 2.52. The van der Waals surface area contributed by atoms with Crippen LogP contribution in [0, 0.1) is 0 Å². The smallest absolute Gasteiger partial charge is 0.339 e. The fourth-order valence-electron chi connectivity index (χ4n) is 1.91. The summed E-state index contributed by atoms with van der Waals surface area (Å²) < 4.78 is 15.9. The molecule has 0 bridgehead atoms. The van der Waals surface area contributed by atoms with Gasteiger partial charge < -0.3 is 19.3 Å². The van der Waals surface area contributed by atoms with Crippen molar-refractivity contribution in [1.29, 1.82) is 0 Å². The highest BCUT2D eigenvalue weighted by Crippen LogP contribution is 2.27. The third-order valence-corrected chi connectivity index (χ3v) is 2.96. The van der Waals surface area contributed by atoms with Gasteiger partial charge in [0.15, 0.2) is 11.5 Å². The van der Waals surface area contributed by atoms with Gasteiger partial charge in [0, 0.05) is 0 Å². The molecule has 21 heavy (non-hydrogen) atoms. The number of carboxylic acids is 1. The third-order valence-electron chi connectivity index (χ3n) is 2.96. The number of hydrogen-bond acceptors (Lipinski definition) is 4. The zero-order chi connectivity index (χ0) is 15.2. The molecule has 0 saturated carbocycles. The third kappa shape index (κ3) is 3.45. The Morgan fingerprint density at radius 1 is 1.00 bits per heavy atom. The first-order chi connectivity index (χ1) is 10.2. The Kier molecular flexibility index (Phi) is 4.66. The number of para-hydroxylation sites is 2. The van der Waals surface area contributed by atoms with Gasteiger partial charge in [0.05, 0.1) is 14.2 Å². The normalized spacial score (nSPS) is 10.0. The van der Waals surface area contributed by atoms with E-state index >= 15 is 0 Å². The lowest BCUT2D eigenvalue weighted by Gasteiger charge is -2.11. The zero-order valence-electron chi connectivity index (χ0n) is 11.8. The van der Waals surface area contributed by atoms with Crippen molar-refractivity contribution in [3.8, 4) is 17.2 Å². The second-order valence-corrected chi connectivity index (χ2v) is 4.28. The highest BCUT2D eigenvalue weighted by molar-refractivity contribution is 5.91. The average molecular weight is 288 g/mol. The number of rotatable bonds is 6. The minimum atomic E-state index is -1.04. The molecule has 0 aromatic heterocycles. The molecule has 1 N–H and O–H groups in total. The van der Waals surface area contributed by atoms with Gasteiger partial charge in [-0.05, 0) is 29.8 Å². The maximum atomic E-state index is 11.2. The molecule has 0 aliphatic rings. The van der Waals surface area contributed by atoms with Crippen LogP contribution in [0.25, 0.3) is 0 Å². The summed E-state index contributed by atoms with van der Waals surface area (Å²) in [4.78, 5) is 11.2. The van der Waals surface area contributed by atoms with Crippen LogP contribution < -0.4 is 14.2 Å². The van der Waals surface area contributed by atoms with E-state index < -0.39 is 5.97 Å². The lowest BCUT2D eigenvalue weighted by molar-refractivity contribution is 0.0693. The van der Waals surface area contributed by atoms with Crippen molar-refractivity contribution in [3.05, 3.63) is 53.6 Å². The van der Waals surface area contributed by atoms with Gasteiger partial charge in [-0.1, -0.05) is 18.2 Å². The van der Waals surface area contributed by atoms with Crippen LogP contribution in [0.15, 0.2) is 42.5 Å². The summed E-state index contributed by atoms with van der Waals surface area (Å²) in [5.74, 6) is 0.520. The van der Waals surface area contributed by atoms with Gasteiger partial charge in [-0.2, -0.15) is 0 Å². The van der Waals surface area contributed by atoms with Crippen molar-refractivity contribution in [2.24, 2.45) is 0 Å². The topological polar surface area (TPSA) is 65.0 Å². The number of aromatic carboxylic acids is 1. The van der Waals surface area contributed by atoms with Crippen molar-refractivity contribution < 1.29 is 24.1 Å². The van der Waals surface area contributed by atoms with E-state index in [9.17, 15) is 4.79 Å². The zero-order valence-corrected chi connectivity index (χ0v) is 11.8. The SMILES string of the molecule is COc1ccccc1OCc1ccc(OC)c(C(=O)O)c1. The molecule has 0 spiro atoms. The van der Waals surface area contributed by atoms with Gasteiger partial charge in [-0.3, -0.25) is 0 Å². The first kappa shape index (κ1) is 14.7. The van der Waals surface area contributed by atoms with Crippen molar-refractivity contribution in [2.45, 2.75) is 6.61 Å². The van der Waals surface area contributed by atoms with E-state index in [1.807, 2.05) is 12.1 Å². The molecule has 0 radical (unpaired) electrons. The van der Waals surface area contributed by atoms with E-state index in [-0.39, 0.29) is 12.2 Å². The molecule has 0 unspecified atom stereocenters. The summed E-state index contributed by atoms with van der Waals surface area (Å²) in [6.07, 6.45) is 0. The van der Waals surface area contributed by atoms with Crippen LogP contribution >= 0.6 is 0 Å². The number of ether oxygens (including phenoxy) is 3. The molecule has 0 aliphatic heterocycles. The molecule has 0 amide bonds. The first-order valence-electron chi connectivity index (χ1n) is 6.31. The van der Waals surface area contributed by atoms with Gasteiger partial charge >= 0.3 is 5.97 Å². The van der Waals surface area contributed by atoms with Crippen LogP contribution in [-0.2, 0) is 6.61 Å².